The minimum absolute atomic E-state index is 0.286. The van der Waals surface area contributed by atoms with E-state index in [-0.39, 0.29) is 14.3 Å². The van der Waals surface area contributed by atoms with Gasteiger partial charge in [0.05, 0.1) is 0 Å². The average Bonchev–Trinajstić information content (AvgIpc) is 2.43. The van der Waals surface area contributed by atoms with Crippen LogP contribution in [0.3, 0.4) is 0 Å². The number of rotatable bonds is 9. The predicted octanol–water partition coefficient (Wildman–Crippen LogP) is 4.63. The van der Waals surface area contributed by atoms with Gasteiger partial charge in [-0.15, -0.1) is 0 Å². The zero-order chi connectivity index (χ0) is 13.3. The van der Waals surface area contributed by atoms with Crippen molar-refractivity contribution in [2.75, 3.05) is 6.61 Å². The maximum absolute atomic E-state index is 10.5. The van der Waals surface area contributed by atoms with Crippen molar-refractivity contribution in [2.24, 2.45) is 0 Å². The third kappa shape index (κ3) is 4.75. The number of unbranched alkanes of at least 4 members (excludes halogenated alkanes) is 1. The number of hydrogen-bond acceptors (Lipinski definition) is 3. The Morgan fingerprint density at radius 3 is 2.50 bits per heavy atom. The molecular formula is C14H21O3P. The normalized spacial score (nSPS) is 14.3. The summed E-state index contributed by atoms with van der Waals surface area (Å²) in [5.74, 6) is 0.835. The highest BCUT2D eigenvalue weighted by Gasteiger charge is 2.30. The Bertz CT molecular complexity index is 342. The fourth-order valence-corrected chi connectivity index (χ4v) is 2.17. The zero-order valence-corrected chi connectivity index (χ0v) is 12.0. The molecule has 0 saturated carbocycles. The smallest absolute Gasteiger partial charge is 0.327 e. The molecule has 0 radical (unpaired) electrons. The van der Waals surface area contributed by atoms with Gasteiger partial charge in [0.2, 0.25) is 0 Å². The van der Waals surface area contributed by atoms with Gasteiger partial charge in [-0.05, 0) is 31.4 Å². The van der Waals surface area contributed by atoms with E-state index in [0.717, 1.165) is 31.4 Å². The molecule has 3 nitrogen and oxygen atoms in total. The quantitative estimate of drug-likeness (QED) is 0.613. The van der Waals surface area contributed by atoms with E-state index in [1.165, 1.54) is 0 Å². The Kier molecular flexibility index (Phi) is 6.92. The Balaban J connectivity index is 2.76. The van der Waals surface area contributed by atoms with Crippen LogP contribution in [-0.2, 0) is 9.09 Å². The lowest BCUT2D eigenvalue weighted by molar-refractivity contribution is 0.0105. The summed E-state index contributed by atoms with van der Waals surface area (Å²) in [6.45, 7) is 4.57. The molecule has 0 N–H and O–H groups in total. The first-order valence-corrected chi connectivity index (χ1v) is 7.18. The third-order valence-electron chi connectivity index (χ3n) is 3.09. The molecule has 0 heterocycles. The lowest BCUT2D eigenvalue weighted by atomic mass is 9.94. The summed E-state index contributed by atoms with van der Waals surface area (Å²) in [6.07, 6.45) is 3.91. The van der Waals surface area contributed by atoms with Crippen molar-refractivity contribution in [3.8, 4) is 5.75 Å². The van der Waals surface area contributed by atoms with Gasteiger partial charge < -0.3 is 4.74 Å². The second-order valence-electron chi connectivity index (χ2n) is 4.40. The van der Waals surface area contributed by atoms with Gasteiger partial charge in [-0.25, -0.2) is 4.57 Å². The highest BCUT2D eigenvalue weighted by molar-refractivity contribution is 7.17. The Morgan fingerprint density at radius 2 is 1.94 bits per heavy atom. The molecule has 0 bridgehead atoms. The molecule has 1 unspecified atom stereocenters. The predicted molar refractivity (Wildman–Crippen MR) is 73.2 cm³/mol. The number of benzene rings is 1. The van der Waals surface area contributed by atoms with Gasteiger partial charge in [0.15, 0.2) is 0 Å². The van der Waals surface area contributed by atoms with Crippen molar-refractivity contribution < 1.29 is 13.8 Å². The van der Waals surface area contributed by atoms with Crippen molar-refractivity contribution in [1.29, 1.82) is 0 Å². The van der Waals surface area contributed by atoms with Crippen LogP contribution < -0.4 is 4.74 Å². The molecule has 0 aliphatic heterocycles. The van der Waals surface area contributed by atoms with Gasteiger partial charge in [-0.2, -0.15) is 0 Å². The van der Waals surface area contributed by atoms with Crippen LogP contribution in [0.4, 0.5) is 0 Å². The highest BCUT2D eigenvalue weighted by Crippen LogP contribution is 2.28. The van der Waals surface area contributed by atoms with E-state index in [9.17, 15) is 4.57 Å². The molecule has 0 spiro atoms. The summed E-state index contributed by atoms with van der Waals surface area (Å²) in [7, 11) is -0.286. The molecule has 0 fully saturated rings. The summed E-state index contributed by atoms with van der Waals surface area (Å²) in [5.41, 5.74) is -0.380. The fraction of sp³-hybridized carbons (Fsp3) is 0.571. The van der Waals surface area contributed by atoms with Crippen molar-refractivity contribution in [3.63, 3.8) is 0 Å². The van der Waals surface area contributed by atoms with Crippen molar-refractivity contribution in [2.45, 2.75) is 45.1 Å². The Hall–Kier alpha value is -0.920. The summed E-state index contributed by atoms with van der Waals surface area (Å²) >= 11 is 0. The molecule has 0 aliphatic rings. The summed E-state index contributed by atoms with van der Waals surface area (Å²) in [4.78, 5) is 0. The van der Waals surface area contributed by atoms with Crippen molar-refractivity contribution in [1.82, 2.24) is 0 Å². The van der Waals surface area contributed by atoms with Crippen LogP contribution in [0.2, 0.25) is 0 Å². The van der Waals surface area contributed by atoms with Gasteiger partial charge in [-0.3, -0.25) is 4.52 Å². The van der Waals surface area contributed by atoms with Crippen molar-refractivity contribution >= 4 is 8.69 Å². The maximum atomic E-state index is 10.5. The van der Waals surface area contributed by atoms with E-state index < -0.39 is 0 Å². The molecule has 100 valence electrons. The molecule has 1 atom stereocenters. The van der Waals surface area contributed by atoms with E-state index in [2.05, 4.69) is 13.8 Å². The van der Waals surface area contributed by atoms with Crippen LogP contribution in [0.25, 0.3) is 0 Å². The third-order valence-corrected chi connectivity index (χ3v) is 3.32. The van der Waals surface area contributed by atoms with Gasteiger partial charge in [0.1, 0.15) is 18.0 Å². The van der Waals surface area contributed by atoms with E-state index in [1.807, 2.05) is 30.3 Å². The summed E-state index contributed by atoms with van der Waals surface area (Å²) in [6, 6.07) is 9.72. The molecule has 0 amide bonds. The first-order chi connectivity index (χ1) is 8.76. The standard InChI is InChI=1S/C14H21O3P/c1-3-5-11-14(4-2,12-16-18-15)17-13-9-7-6-8-10-13/h6-10H,3-5,11-12H2,1-2H3. The van der Waals surface area contributed by atoms with Crippen LogP contribution in [0, 0.1) is 0 Å². The lowest BCUT2D eigenvalue weighted by Gasteiger charge is -2.32. The topological polar surface area (TPSA) is 35.5 Å². The number of hydrogen-bond donors (Lipinski definition) is 0. The molecular weight excluding hydrogens is 247 g/mol. The number of ether oxygens (including phenoxy) is 1. The lowest BCUT2D eigenvalue weighted by Crippen LogP contribution is -2.39. The van der Waals surface area contributed by atoms with Crippen LogP contribution in [0.5, 0.6) is 5.75 Å². The molecule has 0 saturated heterocycles. The summed E-state index contributed by atoms with van der Waals surface area (Å²) < 4.78 is 21.7. The van der Waals surface area contributed by atoms with Gasteiger partial charge >= 0.3 is 8.69 Å². The molecule has 4 heteroatoms. The largest absolute Gasteiger partial charge is 0.485 e. The van der Waals surface area contributed by atoms with E-state index >= 15 is 0 Å². The Morgan fingerprint density at radius 1 is 1.22 bits per heavy atom. The van der Waals surface area contributed by atoms with Crippen LogP contribution in [0.15, 0.2) is 30.3 Å². The molecule has 0 aliphatic carbocycles. The highest BCUT2D eigenvalue weighted by atomic mass is 31.1. The van der Waals surface area contributed by atoms with Crippen LogP contribution in [0.1, 0.15) is 39.5 Å². The molecule has 1 aromatic rings. The van der Waals surface area contributed by atoms with Crippen molar-refractivity contribution in [3.05, 3.63) is 30.3 Å². The first kappa shape index (κ1) is 15.1. The minimum atomic E-state index is -0.380. The maximum Gasteiger partial charge on any atom is 0.327 e. The van der Waals surface area contributed by atoms with E-state index in [1.54, 1.807) is 0 Å². The van der Waals surface area contributed by atoms with Gasteiger partial charge in [-0.1, -0.05) is 38.5 Å². The SMILES string of the molecule is CCCCC(CC)(COP=O)Oc1ccccc1. The first-order valence-electron chi connectivity index (χ1n) is 6.45. The molecule has 1 rings (SSSR count). The average molecular weight is 268 g/mol. The zero-order valence-electron chi connectivity index (χ0n) is 11.1. The van der Waals surface area contributed by atoms with Gasteiger partial charge in [0.25, 0.3) is 0 Å². The minimum Gasteiger partial charge on any atom is -0.485 e. The molecule has 18 heavy (non-hydrogen) atoms. The second-order valence-corrected chi connectivity index (χ2v) is 4.81. The van der Waals surface area contributed by atoms with E-state index in [4.69, 9.17) is 9.26 Å². The van der Waals surface area contributed by atoms with Gasteiger partial charge in [0, 0.05) is 0 Å². The monoisotopic (exact) mass is 268 g/mol. The second kappa shape index (κ2) is 8.23. The van der Waals surface area contributed by atoms with Crippen LogP contribution in [-0.4, -0.2) is 12.2 Å². The van der Waals surface area contributed by atoms with E-state index in [0.29, 0.717) is 6.61 Å². The molecule has 1 aromatic carbocycles. The van der Waals surface area contributed by atoms with Crippen LogP contribution >= 0.6 is 8.69 Å². The summed E-state index contributed by atoms with van der Waals surface area (Å²) in [5, 5.41) is 0. The fourth-order valence-electron chi connectivity index (χ4n) is 1.89. The Labute approximate surface area is 111 Å². The molecule has 0 aromatic heterocycles. The number of para-hydroxylation sites is 1.